The first kappa shape index (κ1) is 22.1. The minimum Gasteiger partial charge on any atom is -0.449 e. The number of hydrogen-bond acceptors (Lipinski definition) is 5. The predicted molar refractivity (Wildman–Crippen MR) is 120 cm³/mol. The number of fused-ring (bicyclic) bond motifs is 3. The topological polar surface area (TPSA) is 88.1 Å². The Hall–Kier alpha value is -3.06. The van der Waals surface area contributed by atoms with Crippen LogP contribution in [-0.4, -0.2) is 59.6 Å². The molecule has 2 aromatic rings. The van der Waals surface area contributed by atoms with Crippen LogP contribution >= 0.6 is 0 Å². The molecule has 2 aromatic carbocycles. The molecule has 0 spiro atoms. The van der Waals surface area contributed by atoms with Gasteiger partial charge in [-0.15, -0.1) is 0 Å². The van der Waals surface area contributed by atoms with Crippen molar-refractivity contribution in [1.82, 2.24) is 10.2 Å². The van der Waals surface area contributed by atoms with Gasteiger partial charge in [0.05, 0.1) is 18.7 Å². The number of nitrogens with zero attached hydrogens (tertiary/aromatic N) is 1. The standard InChI is InChI=1S/C25H30N2O5/c1-25(2,3)32-24(30)27-13-16(12-17(27)14-28)26-23(29)31-15-22-20-10-6-4-8-18(20)19-9-5-7-11-21(19)22/h4-11,16-17,22,28H,12-15H2,1-3H3,(H,26,29)/t16-,17-/m0/s1. The van der Waals surface area contributed by atoms with E-state index >= 15 is 0 Å². The second-order valence-electron chi connectivity index (χ2n) is 9.37. The fraction of sp³-hybridized carbons (Fsp3) is 0.440. The van der Waals surface area contributed by atoms with E-state index in [-0.39, 0.29) is 31.7 Å². The van der Waals surface area contributed by atoms with E-state index in [0.29, 0.717) is 6.42 Å². The number of nitrogens with one attached hydrogen (secondary N) is 1. The summed E-state index contributed by atoms with van der Waals surface area (Å²) >= 11 is 0. The van der Waals surface area contributed by atoms with E-state index in [1.165, 1.54) is 16.0 Å². The van der Waals surface area contributed by atoms with Crippen molar-refractivity contribution < 1.29 is 24.2 Å². The van der Waals surface area contributed by atoms with Crippen LogP contribution in [0.4, 0.5) is 9.59 Å². The lowest BCUT2D eigenvalue weighted by Gasteiger charge is -2.27. The summed E-state index contributed by atoms with van der Waals surface area (Å²) in [5, 5.41) is 12.5. The van der Waals surface area contributed by atoms with Crippen molar-refractivity contribution in [1.29, 1.82) is 0 Å². The van der Waals surface area contributed by atoms with E-state index < -0.39 is 23.8 Å². The summed E-state index contributed by atoms with van der Waals surface area (Å²) in [7, 11) is 0. The molecular formula is C25H30N2O5. The molecular weight excluding hydrogens is 408 g/mol. The Morgan fingerprint density at radius 1 is 1.06 bits per heavy atom. The third kappa shape index (κ3) is 4.58. The van der Waals surface area contributed by atoms with Gasteiger partial charge in [-0.05, 0) is 49.4 Å². The molecule has 2 N–H and O–H groups in total. The SMILES string of the molecule is CC(C)(C)OC(=O)N1C[C@@H](NC(=O)OCC2c3ccccc3-c3ccccc32)C[C@H]1CO. The molecule has 1 aliphatic heterocycles. The number of benzene rings is 2. The van der Waals surface area contributed by atoms with E-state index in [0.717, 1.165) is 11.1 Å². The summed E-state index contributed by atoms with van der Waals surface area (Å²) in [6.45, 7) is 5.68. The summed E-state index contributed by atoms with van der Waals surface area (Å²) in [5.41, 5.74) is 4.02. The maximum atomic E-state index is 12.5. The van der Waals surface area contributed by atoms with Crippen molar-refractivity contribution in [2.75, 3.05) is 19.8 Å². The Morgan fingerprint density at radius 2 is 1.66 bits per heavy atom. The second kappa shape index (κ2) is 8.82. The van der Waals surface area contributed by atoms with Crippen LogP contribution in [0, 0.1) is 0 Å². The summed E-state index contributed by atoms with van der Waals surface area (Å²) in [6, 6.07) is 15.6. The molecule has 0 aromatic heterocycles. The van der Waals surface area contributed by atoms with Gasteiger partial charge in [0.25, 0.3) is 0 Å². The third-order valence-corrected chi connectivity index (χ3v) is 5.92. The van der Waals surface area contributed by atoms with Gasteiger partial charge in [0.2, 0.25) is 0 Å². The van der Waals surface area contributed by atoms with Crippen molar-refractivity contribution in [2.45, 2.75) is 50.8 Å². The van der Waals surface area contributed by atoms with Crippen molar-refractivity contribution in [2.24, 2.45) is 0 Å². The monoisotopic (exact) mass is 438 g/mol. The Morgan fingerprint density at radius 3 is 2.22 bits per heavy atom. The van der Waals surface area contributed by atoms with Gasteiger partial charge in [0.15, 0.2) is 0 Å². The average Bonchev–Trinajstić information content (AvgIpc) is 3.30. The lowest BCUT2D eigenvalue weighted by molar-refractivity contribution is 0.0173. The maximum absolute atomic E-state index is 12.5. The fourth-order valence-corrected chi connectivity index (χ4v) is 4.55. The van der Waals surface area contributed by atoms with Gasteiger partial charge in [-0.1, -0.05) is 48.5 Å². The number of likely N-dealkylation sites (tertiary alicyclic amines) is 1. The smallest absolute Gasteiger partial charge is 0.410 e. The lowest BCUT2D eigenvalue weighted by Crippen LogP contribution is -2.43. The number of carbonyl (C=O) groups excluding carboxylic acids is 2. The van der Waals surface area contributed by atoms with Crippen molar-refractivity contribution in [3.8, 4) is 11.1 Å². The predicted octanol–water partition coefficient (Wildman–Crippen LogP) is 3.90. The number of alkyl carbamates (subject to hydrolysis) is 1. The fourth-order valence-electron chi connectivity index (χ4n) is 4.55. The number of aliphatic hydroxyl groups excluding tert-OH is 1. The Balaban J connectivity index is 1.36. The molecule has 0 unspecified atom stereocenters. The highest BCUT2D eigenvalue weighted by molar-refractivity contribution is 5.79. The van der Waals surface area contributed by atoms with E-state index in [4.69, 9.17) is 9.47 Å². The molecule has 7 nitrogen and oxygen atoms in total. The van der Waals surface area contributed by atoms with Gasteiger partial charge in [0, 0.05) is 12.5 Å². The highest BCUT2D eigenvalue weighted by Gasteiger charge is 2.38. The number of hydrogen-bond donors (Lipinski definition) is 2. The number of ether oxygens (including phenoxy) is 2. The zero-order valence-electron chi connectivity index (χ0n) is 18.7. The normalized spacial score (nSPS) is 19.9. The average molecular weight is 439 g/mol. The molecule has 7 heteroatoms. The van der Waals surface area contributed by atoms with Crippen LogP contribution < -0.4 is 5.32 Å². The van der Waals surface area contributed by atoms with Crippen molar-refractivity contribution in [3.63, 3.8) is 0 Å². The molecule has 2 amide bonds. The molecule has 1 aliphatic carbocycles. The summed E-state index contributed by atoms with van der Waals surface area (Å²) in [4.78, 5) is 26.5. The largest absolute Gasteiger partial charge is 0.449 e. The molecule has 170 valence electrons. The van der Waals surface area contributed by atoms with Gasteiger partial charge < -0.3 is 24.8 Å². The minimum absolute atomic E-state index is 0.0137. The molecule has 1 saturated heterocycles. The number of aliphatic hydroxyl groups is 1. The van der Waals surface area contributed by atoms with Gasteiger partial charge >= 0.3 is 12.2 Å². The first-order valence-corrected chi connectivity index (χ1v) is 11.0. The molecule has 1 heterocycles. The number of amides is 2. The zero-order valence-corrected chi connectivity index (χ0v) is 18.7. The Bertz CT molecular complexity index is 954. The Labute approximate surface area is 188 Å². The molecule has 0 bridgehead atoms. The zero-order chi connectivity index (χ0) is 22.9. The van der Waals surface area contributed by atoms with Crippen LogP contribution in [0.5, 0.6) is 0 Å². The third-order valence-electron chi connectivity index (χ3n) is 5.92. The molecule has 0 saturated carbocycles. The first-order chi connectivity index (χ1) is 15.3. The van der Waals surface area contributed by atoms with Gasteiger partial charge in [0.1, 0.15) is 12.2 Å². The van der Waals surface area contributed by atoms with E-state index in [1.54, 1.807) is 20.8 Å². The summed E-state index contributed by atoms with van der Waals surface area (Å²) in [6.07, 6.45) is -0.576. The molecule has 2 atom stereocenters. The minimum atomic E-state index is -0.630. The molecule has 0 radical (unpaired) electrons. The van der Waals surface area contributed by atoms with Crippen LogP contribution in [-0.2, 0) is 9.47 Å². The molecule has 4 rings (SSSR count). The second-order valence-corrected chi connectivity index (χ2v) is 9.37. The van der Waals surface area contributed by atoms with Gasteiger partial charge in [-0.25, -0.2) is 9.59 Å². The van der Waals surface area contributed by atoms with Gasteiger partial charge in [-0.3, -0.25) is 0 Å². The summed E-state index contributed by atoms with van der Waals surface area (Å²) < 4.78 is 11.0. The highest BCUT2D eigenvalue weighted by atomic mass is 16.6. The van der Waals surface area contributed by atoms with E-state index in [1.807, 2.05) is 24.3 Å². The maximum Gasteiger partial charge on any atom is 0.410 e. The van der Waals surface area contributed by atoms with Crippen LogP contribution in [0.2, 0.25) is 0 Å². The van der Waals surface area contributed by atoms with Crippen LogP contribution in [0.1, 0.15) is 44.2 Å². The van der Waals surface area contributed by atoms with E-state index in [9.17, 15) is 14.7 Å². The van der Waals surface area contributed by atoms with E-state index in [2.05, 4.69) is 29.6 Å². The Kier molecular flexibility index (Phi) is 6.11. The lowest BCUT2D eigenvalue weighted by atomic mass is 9.98. The first-order valence-electron chi connectivity index (χ1n) is 11.0. The number of rotatable bonds is 4. The van der Waals surface area contributed by atoms with Gasteiger partial charge in [-0.2, -0.15) is 0 Å². The number of carbonyl (C=O) groups is 2. The highest BCUT2D eigenvalue weighted by Crippen LogP contribution is 2.44. The molecule has 32 heavy (non-hydrogen) atoms. The van der Waals surface area contributed by atoms with Crippen molar-refractivity contribution in [3.05, 3.63) is 59.7 Å². The quantitative estimate of drug-likeness (QED) is 0.756. The van der Waals surface area contributed by atoms with Crippen LogP contribution in [0.3, 0.4) is 0 Å². The molecule has 1 fully saturated rings. The molecule has 2 aliphatic rings. The van der Waals surface area contributed by atoms with Crippen LogP contribution in [0.25, 0.3) is 11.1 Å². The van der Waals surface area contributed by atoms with Crippen LogP contribution in [0.15, 0.2) is 48.5 Å². The van der Waals surface area contributed by atoms with Crippen molar-refractivity contribution >= 4 is 12.2 Å². The summed E-state index contributed by atoms with van der Waals surface area (Å²) in [5.74, 6) is -0.0137.